The van der Waals surface area contributed by atoms with Crippen LogP contribution in [0.3, 0.4) is 0 Å². The summed E-state index contributed by atoms with van der Waals surface area (Å²) in [7, 11) is 0. The second-order valence-corrected chi connectivity index (χ2v) is 4.52. The van der Waals surface area contributed by atoms with E-state index in [1.54, 1.807) is 0 Å². The van der Waals surface area contributed by atoms with Gasteiger partial charge in [0.05, 0.1) is 5.92 Å². The van der Waals surface area contributed by atoms with Crippen LogP contribution in [-0.2, 0) is 9.59 Å². The second kappa shape index (κ2) is 4.19. The maximum absolute atomic E-state index is 12.2. The zero-order valence-electron chi connectivity index (χ0n) is 9.09. The van der Waals surface area contributed by atoms with Crippen LogP contribution >= 0.6 is 0 Å². The maximum atomic E-state index is 12.2. The van der Waals surface area contributed by atoms with Gasteiger partial charge in [-0.05, 0) is 19.3 Å². The van der Waals surface area contributed by atoms with E-state index in [4.69, 9.17) is 0 Å². The van der Waals surface area contributed by atoms with Gasteiger partial charge in [0.15, 0.2) is 0 Å². The molecule has 1 heterocycles. The van der Waals surface area contributed by atoms with E-state index >= 15 is 0 Å². The van der Waals surface area contributed by atoms with Crippen molar-refractivity contribution in [2.24, 2.45) is 5.92 Å². The maximum Gasteiger partial charge on any atom is 0.471 e. The number of rotatable bonds is 2. The minimum atomic E-state index is -4.85. The number of carbonyl (C=O) groups is 2. The normalized spacial score (nSPS) is 24.9. The number of halogens is 3. The van der Waals surface area contributed by atoms with Gasteiger partial charge < -0.3 is 10.2 Å². The number of amides is 2. The fraction of sp³-hybridized carbons (Fsp3) is 0.800. The summed E-state index contributed by atoms with van der Waals surface area (Å²) >= 11 is 0. The van der Waals surface area contributed by atoms with Crippen molar-refractivity contribution in [2.75, 3.05) is 13.1 Å². The molecule has 96 valence electrons. The quantitative estimate of drug-likeness (QED) is 0.783. The lowest BCUT2D eigenvalue weighted by atomic mass is 10.1. The van der Waals surface area contributed by atoms with Gasteiger partial charge in [-0.3, -0.25) is 9.59 Å². The van der Waals surface area contributed by atoms with Crippen LogP contribution in [0.15, 0.2) is 0 Å². The molecule has 1 atom stereocenters. The lowest BCUT2D eigenvalue weighted by molar-refractivity contribution is -0.184. The van der Waals surface area contributed by atoms with E-state index in [-0.39, 0.29) is 25.0 Å². The van der Waals surface area contributed by atoms with Gasteiger partial charge in [-0.15, -0.1) is 0 Å². The molecule has 1 saturated heterocycles. The highest BCUT2D eigenvalue weighted by Crippen LogP contribution is 2.25. The molecule has 0 aromatic carbocycles. The summed E-state index contributed by atoms with van der Waals surface area (Å²) in [5.41, 5.74) is 0. The molecule has 4 nitrogen and oxygen atoms in total. The van der Waals surface area contributed by atoms with Crippen molar-refractivity contribution >= 4 is 11.8 Å². The molecular weight excluding hydrogens is 237 g/mol. The average Bonchev–Trinajstić information content (AvgIpc) is 2.91. The Morgan fingerprint density at radius 1 is 1.18 bits per heavy atom. The third kappa shape index (κ3) is 2.89. The van der Waals surface area contributed by atoms with Crippen molar-refractivity contribution in [3.8, 4) is 0 Å². The summed E-state index contributed by atoms with van der Waals surface area (Å²) in [6, 6.07) is 0.190. The number of carbonyl (C=O) groups excluding carboxylic acids is 2. The molecule has 17 heavy (non-hydrogen) atoms. The number of nitrogens with one attached hydrogen (secondary N) is 1. The van der Waals surface area contributed by atoms with Crippen molar-refractivity contribution in [3.05, 3.63) is 0 Å². The van der Waals surface area contributed by atoms with E-state index in [0.29, 0.717) is 11.3 Å². The van der Waals surface area contributed by atoms with Crippen molar-refractivity contribution in [1.29, 1.82) is 0 Å². The molecule has 1 aliphatic carbocycles. The minimum Gasteiger partial charge on any atom is -0.353 e. The Balaban J connectivity index is 1.86. The van der Waals surface area contributed by atoms with Gasteiger partial charge in [-0.25, -0.2) is 0 Å². The Hall–Kier alpha value is -1.27. The lowest BCUT2D eigenvalue weighted by Gasteiger charge is -2.17. The van der Waals surface area contributed by atoms with Crippen LogP contribution < -0.4 is 5.32 Å². The van der Waals surface area contributed by atoms with Gasteiger partial charge in [0.2, 0.25) is 5.91 Å². The largest absolute Gasteiger partial charge is 0.471 e. The Morgan fingerprint density at radius 2 is 1.82 bits per heavy atom. The first kappa shape index (κ1) is 12.2. The third-order valence-corrected chi connectivity index (χ3v) is 3.01. The molecule has 1 saturated carbocycles. The molecule has 2 fully saturated rings. The van der Waals surface area contributed by atoms with Crippen LogP contribution in [0.1, 0.15) is 19.3 Å². The first-order valence-corrected chi connectivity index (χ1v) is 5.54. The van der Waals surface area contributed by atoms with Crippen molar-refractivity contribution in [1.82, 2.24) is 10.2 Å². The highest BCUT2D eigenvalue weighted by atomic mass is 19.4. The molecule has 2 aliphatic rings. The zero-order chi connectivity index (χ0) is 12.6. The minimum absolute atomic E-state index is 0.00109. The van der Waals surface area contributed by atoms with Crippen LogP contribution in [-0.4, -0.2) is 42.0 Å². The fourth-order valence-electron chi connectivity index (χ4n) is 1.88. The van der Waals surface area contributed by atoms with Gasteiger partial charge in [-0.1, -0.05) is 0 Å². The summed E-state index contributed by atoms with van der Waals surface area (Å²) in [5.74, 6) is -2.58. The van der Waals surface area contributed by atoms with Crippen LogP contribution in [0.5, 0.6) is 0 Å². The predicted molar refractivity (Wildman–Crippen MR) is 51.9 cm³/mol. The summed E-state index contributed by atoms with van der Waals surface area (Å²) in [5, 5.41) is 2.74. The van der Waals surface area contributed by atoms with Crippen LogP contribution in [0.2, 0.25) is 0 Å². The van der Waals surface area contributed by atoms with E-state index in [9.17, 15) is 22.8 Å². The third-order valence-electron chi connectivity index (χ3n) is 3.01. The Kier molecular flexibility index (Phi) is 3.01. The van der Waals surface area contributed by atoms with Crippen LogP contribution in [0.25, 0.3) is 0 Å². The summed E-state index contributed by atoms with van der Waals surface area (Å²) in [6.07, 6.45) is -2.67. The Morgan fingerprint density at radius 3 is 2.35 bits per heavy atom. The van der Waals surface area contributed by atoms with Gasteiger partial charge in [-0.2, -0.15) is 13.2 Å². The molecule has 0 unspecified atom stereocenters. The second-order valence-electron chi connectivity index (χ2n) is 4.52. The van der Waals surface area contributed by atoms with Gasteiger partial charge >= 0.3 is 12.1 Å². The highest BCUT2D eigenvalue weighted by molar-refractivity contribution is 5.85. The number of hydrogen-bond acceptors (Lipinski definition) is 2. The van der Waals surface area contributed by atoms with E-state index in [1.165, 1.54) is 0 Å². The van der Waals surface area contributed by atoms with E-state index < -0.39 is 18.0 Å². The van der Waals surface area contributed by atoms with Crippen molar-refractivity contribution in [2.45, 2.75) is 31.5 Å². The van der Waals surface area contributed by atoms with Crippen LogP contribution in [0, 0.1) is 5.92 Å². The SMILES string of the molecule is O=C(NC1CC1)[C@H]1CCN(C(=O)C(F)(F)F)C1. The Labute approximate surface area is 96.1 Å². The molecule has 0 spiro atoms. The summed E-state index contributed by atoms with van der Waals surface area (Å²) in [4.78, 5) is 23.2. The van der Waals surface area contributed by atoms with Gasteiger partial charge in [0, 0.05) is 19.1 Å². The highest BCUT2D eigenvalue weighted by Gasteiger charge is 2.45. The fourth-order valence-corrected chi connectivity index (χ4v) is 1.88. The Bertz CT molecular complexity index is 339. The first-order valence-electron chi connectivity index (χ1n) is 5.54. The smallest absolute Gasteiger partial charge is 0.353 e. The molecule has 0 radical (unpaired) electrons. The molecule has 2 amide bonds. The van der Waals surface area contributed by atoms with Crippen LogP contribution in [0.4, 0.5) is 13.2 Å². The van der Waals surface area contributed by atoms with Crippen molar-refractivity contribution < 1.29 is 22.8 Å². The molecular formula is C10H13F3N2O2. The lowest BCUT2D eigenvalue weighted by Crippen LogP contribution is -2.41. The zero-order valence-corrected chi connectivity index (χ0v) is 9.09. The van der Waals surface area contributed by atoms with E-state index in [0.717, 1.165) is 12.8 Å². The molecule has 1 N–H and O–H groups in total. The molecule has 0 bridgehead atoms. The molecule has 0 aromatic heterocycles. The monoisotopic (exact) mass is 250 g/mol. The van der Waals surface area contributed by atoms with Gasteiger partial charge in [0.25, 0.3) is 0 Å². The summed E-state index contributed by atoms with van der Waals surface area (Å²) < 4.78 is 36.5. The van der Waals surface area contributed by atoms with Crippen molar-refractivity contribution in [3.63, 3.8) is 0 Å². The number of likely N-dealkylation sites (tertiary alicyclic amines) is 1. The predicted octanol–water partition coefficient (Wildman–Crippen LogP) is 0.676. The van der Waals surface area contributed by atoms with Gasteiger partial charge in [0.1, 0.15) is 0 Å². The number of alkyl halides is 3. The molecule has 0 aromatic rings. The topological polar surface area (TPSA) is 49.4 Å². The van der Waals surface area contributed by atoms with E-state index in [1.807, 2.05) is 0 Å². The molecule has 7 heteroatoms. The molecule has 1 aliphatic heterocycles. The number of nitrogens with zero attached hydrogens (tertiary/aromatic N) is 1. The standard InChI is InChI=1S/C10H13F3N2O2/c11-10(12,13)9(17)15-4-3-6(5-15)8(16)14-7-1-2-7/h6-7H,1-5H2,(H,14,16)/t6-/m0/s1. The summed E-state index contributed by atoms with van der Waals surface area (Å²) in [6.45, 7) is -0.127. The average molecular weight is 250 g/mol. The first-order chi connectivity index (χ1) is 7.88. The molecule has 2 rings (SSSR count). The number of hydrogen-bond donors (Lipinski definition) is 1. The van der Waals surface area contributed by atoms with E-state index in [2.05, 4.69) is 5.32 Å².